The molecule has 2 atom stereocenters. The highest BCUT2D eigenvalue weighted by atomic mass is 19.1. The Bertz CT molecular complexity index is 920. The minimum absolute atomic E-state index is 0.0964. The van der Waals surface area contributed by atoms with Gasteiger partial charge in [0.1, 0.15) is 5.82 Å². The largest absolute Gasteiger partial charge is 0.465 e. The molecule has 3 heterocycles. The number of nitrogens with one attached hydrogen (secondary N) is 1. The van der Waals surface area contributed by atoms with Crippen LogP contribution in [0.1, 0.15) is 12.0 Å². The molecule has 2 bridgehead atoms. The van der Waals surface area contributed by atoms with Crippen molar-refractivity contribution in [1.82, 2.24) is 14.8 Å². The van der Waals surface area contributed by atoms with Crippen LogP contribution in [-0.2, 0) is 0 Å². The van der Waals surface area contributed by atoms with Crippen LogP contribution in [0.5, 0.6) is 0 Å². The van der Waals surface area contributed by atoms with Gasteiger partial charge in [-0.05, 0) is 37.1 Å². The summed E-state index contributed by atoms with van der Waals surface area (Å²) in [6.07, 6.45) is 1.14. The third-order valence-electron chi connectivity index (χ3n) is 5.23. The number of amides is 3. The summed E-state index contributed by atoms with van der Waals surface area (Å²) in [6, 6.07) is 7.56. The van der Waals surface area contributed by atoms with E-state index in [9.17, 15) is 14.0 Å². The van der Waals surface area contributed by atoms with Crippen LogP contribution in [0.2, 0.25) is 0 Å². The van der Waals surface area contributed by atoms with Crippen molar-refractivity contribution >= 4 is 17.8 Å². The molecule has 0 unspecified atom stereocenters. The highest BCUT2D eigenvalue weighted by molar-refractivity contribution is 5.91. The molecule has 2 aliphatic rings. The van der Waals surface area contributed by atoms with Gasteiger partial charge < -0.3 is 20.2 Å². The number of fused-ring (bicyclic) bond motifs is 2. The number of piperazine rings is 1. The van der Waals surface area contributed by atoms with E-state index in [1.807, 2.05) is 13.0 Å². The van der Waals surface area contributed by atoms with E-state index in [1.54, 1.807) is 17.0 Å². The first-order chi connectivity index (χ1) is 12.9. The summed E-state index contributed by atoms with van der Waals surface area (Å²) in [5.74, 6) is -0.370. The van der Waals surface area contributed by atoms with Crippen LogP contribution in [-0.4, -0.2) is 57.2 Å². The van der Waals surface area contributed by atoms with E-state index in [0.717, 1.165) is 11.1 Å². The van der Waals surface area contributed by atoms with Crippen molar-refractivity contribution < 1.29 is 19.1 Å². The average Bonchev–Trinajstić information content (AvgIpc) is 3.24. The van der Waals surface area contributed by atoms with Crippen molar-refractivity contribution in [2.24, 2.45) is 0 Å². The van der Waals surface area contributed by atoms with Gasteiger partial charge >= 0.3 is 12.1 Å². The number of carbonyl (C=O) groups is 2. The van der Waals surface area contributed by atoms with Crippen molar-refractivity contribution in [2.45, 2.75) is 25.4 Å². The number of carbonyl (C=O) groups excluding carboxylic acids is 1. The number of anilines is 1. The molecule has 8 heteroatoms. The van der Waals surface area contributed by atoms with Gasteiger partial charge in [0.2, 0.25) is 0 Å². The summed E-state index contributed by atoms with van der Waals surface area (Å²) in [5.41, 5.74) is 2.75. The Hall–Kier alpha value is -3.16. The Kier molecular flexibility index (Phi) is 4.18. The molecule has 27 heavy (non-hydrogen) atoms. The number of likely N-dealkylation sites (tertiary alicyclic amines) is 2. The van der Waals surface area contributed by atoms with Gasteiger partial charge in [-0.2, -0.15) is 0 Å². The first-order valence-electron chi connectivity index (χ1n) is 8.72. The fraction of sp³-hybridized carbons (Fsp3) is 0.316. The van der Waals surface area contributed by atoms with Crippen LogP contribution < -0.4 is 5.32 Å². The number of aryl methyl sites for hydroxylation is 1. The van der Waals surface area contributed by atoms with Gasteiger partial charge in [-0.1, -0.05) is 6.07 Å². The van der Waals surface area contributed by atoms with E-state index in [-0.39, 0.29) is 23.9 Å². The maximum atomic E-state index is 13.5. The second-order valence-corrected chi connectivity index (χ2v) is 6.95. The summed E-state index contributed by atoms with van der Waals surface area (Å²) in [5, 5.41) is 12.0. The van der Waals surface area contributed by atoms with Crippen molar-refractivity contribution in [2.75, 3.05) is 18.4 Å². The number of benzene rings is 1. The van der Waals surface area contributed by atoms with E-state index in [4.69, 9.17) is 5.11 Å². The molecule has 0 saturated carbocycles. The summed E-state index contributed by atoms with van der Waals surface area (Å²) < 4.78 is 13.5. The quantitative estimate of drug-likeness (QED) is 0.850. The summed E-state index contributed by atoms with van der Waals surface area (Å²) >= 11 is 0. The molecular formula is C19H19FN4O3. The molecule has 2 N–H and O–H groups in total. The van der Waals surface area contributed by atoms with Crippen molar-refractivity contribution in [3.05, 3.63) is 47.9 Å². The second kappa shape index (κ2) is 6.53. The molecule has 1 aromatic heterocycles. The zero-order valence-corrected chi connectivity index (χ0v) is 14.7. The number of halogens is 1. The van der Waals surface area contributed by atoms with Gasteiger partial charge in [-0.3, -0.25) is 4.98 Å². The van der Waals surface area contributed by atoms with E-state index in [2.05, 4.69) is 10.3 Å². The Labute approximate surface area is 155 Å². The number of nitrogens with zero attached hydrogens (tertiary/aromatic N) is 3. The monoisotopic (exact) mass is 370 g/mol. The standard InChI is InChI=1S/C19H19FN4O3/c1-11-2-3-13(7-16(11)17-6-12(20)4-5-21-17)22-18(25)23-9-15-8-14(23)10-24(15)19(26)27/h2-7,14-15H,8-10H2,1H3,(H,22,25)(H,26,27)/t14-,15-/m0/s1. The topological polar surface area (TPSA) is 85.8 Å². The first-order valence-corrected chi connectivity index (χ1v) is 8.72. The summed E-state index contributed by atoms with van der Waals surface area (Å²) in [6.45, 7) is 2.64. The van der Waals surface area contributed by atoms with E-state index in [1.165, 1.54) is 23.2 Å². The normalized spacial score (nSPS) is 20.8. The zero-order valence-electron chi connectivity index (χ0n) is 14.7. The number of aromatic nitrogens is 1. The summed E-state index contributed by atoms with van der Waals surface area (Å²) in [4.78, 5) is 31.1. The van der Waals surface area contributed by atoms with Crippen LogP contribution in [0.3, 0.4) is 0 Å². The fourth-order valence-corrected chi connectivity index (χ4v) is 3.87. The molecule has 2 saturated heterocycles. The number of pyridine rings is 1. The Morgan fingerprint density at radius 3 is 2.59 bits per heavy atom. The van der Waals surface area contributed by atoms with E-state index >= 15 is 0 Å². The van der Waals surface area contributed by atoms with Crippen LogP contribution in [0.15, 0.2) is 36.5 Å². The van der Waals surface area contributed by atoms with Gasteiger partial charge in [0, 0.05) is 36.6 Å². The van der Waals surface area contributed by atoms with Crippen LogP contribution >= 0.6 is 0 Å². The number of hydrogen-bond donors (Lipinski definition) is 2. The maximum absolute atomic E-state index is 13.5. The minimum atomic E-state index is -0.937. The van der Waals surface area contributed by atoms with Crippen molar-refractivity contribution in [3.63, 3.8) is 0 Å². The van der Waals surface area contributed by atoms with E-state index in [0.29, 0.717) is 30.9 Å². The molecule has 0 aliphatic carbocycles. The Balaban J connectivity index is 1.50. The number of carboxylic acid groups (broad SMARTS) is 1. The first kappa shape index (κ1) is 17.3. The lowest BCUT2D eigenvalue weighted by Gasteiger charge is -2.32. The van der Waals surface area contributed by atoms with E-state index < -0.39 is 6.09 Å². The molecule has 7 nitrogen and oxygen atoms in total. The van der Waals surface area contributed by atoms with Gasteiger partial charge in [0.15, 0.2) is 0 Å². The number of rotatable bonds is 2. The van der Waals surface area contributed by atoms with Gasteiger partial charge in [0.05, 0.1) is 17.8 Å². The van der Waals surface area contributed by atoms with Gasteiger partial charge in [-0.15, -0.1) is 0 Å². The molecule has 2 aliphatic heterocycles. The van der Waals surface area contributed by atoms with Crippen LogP contribution in [0.25, 0.3) is 11.3 Å². The highest BCUT2D eigenvalue weighted by Crippen LogP contribution is 2.32. The molecule has 1 aromatic carbocycles. The van der Waals surface area contributed by atoms with Crippen molar-refractivity contribution in [3.8, 4) is 11.3 Å². The van der Waals surface area contributed by atoms with Gasteiger partial charge in [0.25, 0.3) is 0 Å². The molecule has 3 amide bonds. The SMILES string of the molecule is Cc1ccc(NC(=O)N2C[C@@H]3C[C@H]2CN3C(=O)O)cc1-c1cc(F)ccn1. The molecule has 140 valence electrons. The lowest BCUT2D eigenvalue weighted by atomic mass is 10.0. The molecular weight excluding hydrogens is 351 g/mol. The second-order valence-electron chi connectivity index (χ2n) is 6.95. The minimum Gasteiger partial charge on any atom is -0.465 e. The predicted molar refractivity (Wildman–Crippen MR) is 97.0 cm³/mol. The summed E-state index contributed by atoms with van der Waals surface area (Å²) in [7, 11) is 0. The highest BCUT2D eigenvalue weighted by Gasteiger charge is 2.47. The molecule has 0 spiro atoms. The Morgan fingerprint density at radius 2 is 1.93 bits per heavy atom. The predicted octanol–water partition coefficient (Wildman–Crippen LogP) is 3.16. The van der Waals surface area contributed by atoms with Crippen LogP contribution in [0.4, 0.5) is 19.7 Å². The number of urea groups is 1. The Morgan fingerprint density at radius 1 is 1.19 bits per heavy atom. The third kappa shape index (κ3) is 3.18. The van der Waals surface area contributed by atoms with Crippen LogP contribution in [0, 0.1) is 12.7 Å². The van der Waals surface area contributed by atoms with Crippen molar-refractivity contribution in [1.29, 1.82) is 0 Å². The smallest absolute Gasteiger partial charge is 0.407 e. The lowest BCUT2D eigenvalue weighted by Crippen LogP contribution is -2.51. The average molecular weight is 370 g/mol. The molecule has 4 rings (SSSR count). The third-order valence-corrected chi connectivity index (χ3v) is 5.23. The fourth-order valence-electron chi connectivity index (χ4n) is 3.87. The zero-order chi connectivity index (χ0) is 19.1. The molecule has 0 radical (unpaired) electrons. The van der Waals surface area contributed by atoms with Gasteiger partial charge in [-0.25, -0.2) is 14.0 Å². The maximum Gasteiger partial charge on any atom is 0.407 e. The number of hydrogen-bond acceptors (Lipinski definition) is 3. The lowest BCUT2D eigenvalue weighted by molar-refractivity contribution is 0.112. The molecule has 2 aromatic rings. The molecule has 2 fully saturated rings.